The van der Waals surface area contributed by atoms with E-state index in [0.29, 0.717) is 21.9 Å². The zero-order valence-electron chi connectivity index (χ0n) is 13.5. The average Bonchev–Trinajstić information content (AvgIpc) is 3.31. The fraction of sp³-hybridized carbons (Fsp3) is 0.294. The standard InChI is InChI=1S/C17H15ClN4O3/c1-9-14-15(10-2-4-11(18)5-3-10)20-22(17(24)16(14)21-25-9)8-13(23)19-12-6-7-12/h2-5,12H,6-8H2,1H3,(H,19,23). The van der Waals surface area contributed by atoms with Crippen LogP contribution in [-0.4, -0.2) is 26.9 Å². The highest BCUT2D eigenvalue weighted by molar-refractivity contribution is 6.30. The zero-order chi connectivity index (χ0) is 17.6. The number of nitrogens with one attached hydrogen (secondary N) is 1. The fourth-order valence-electron chi connectivity index (χ4n) is 2.69. The summed E-state index contributed by atoms with van der Waals surface area (Å²) in [5, 5.41) is 12.3. The Morgan fingerprint density at radius 3 is 2.76 bits per heavy atom. The van der Waals surface area contributed by atoms with Crippen LogP contribution < -0.4 is 10.9 Å². The Balaban J connectivity index is 1.83. The van der Waals surface area contributed by atoms with E-state index in [-0.39, 0.29) is 24.0 Å². The molecule has 1 aromatic carbocycles. The SMILES string of the molecule is Cc1onc2c(=O)n(CC(=O)NC3CC3)nc(-c3ccc(Cl)cc3)c12. The molecule has 128 valence electrons. The minimum absolute atomic E-state index is 0.155. The number of carbonyl (C=O) groups is 1. The largest absolute Gasteiger partial charge is 0.360 e. The molecule has 7 nitrogen and oxygen atoms in total. The van der Waals surface area contributed by atoms with Gasteiger partial charge in [0.2, 0.25) is 5.91 Å². The van der Waals surface area contributed by atoms with Crippen LogP contribution in [0.4, 0.5) is 0 Å². The number of fused-ring (bicyclic) bond motifs is 1. The van der Waals surface area contributed by atoms with E-state index in [4.69, 9.17) is 16.1 Å². The molecule has 1 amide bonds. The van der Waals surface area contributed by atoms with Gasteiger partial charge in [-0.25, -0.2) is 4.68 Å². The Hall–Kier alpha value is -2.67. The lowest BCUT2D eigenvalue weighted by molar-refractivity contribution is -0.122. The van der Waals surface area contributed by atoms with E-state index in [1.165, 1.54) is 0 Å². The first-order chi connectivity index (χ1) is 12.0. The van der Waals surface area contributed by atoms with E-state index in [9.17, 15) is 9.59 Å². The van der Waals surface area contributed by atoms with Gasteiger partial charge in [-0.2, -0.15) is 5.10 Å². The van der Waals surface area contributed by atoms with Crippen LogP contribution in [-0.2, 0) is 11.3 Å². The molecule has 0 saturated heterocycles. The molecule has 25 heavy (non-hydrogen) atoms. The van der Waals surface area contributed by atoms with Gasteiger partial charge in [0.05, 0.1) is 5.39 Å². The molecule has 1 aliphatic carbocycles. The number of aryl methyl sites for hydroxylation is 1. The molecule has 4 rings (SSSR count). The van der Waals surface area contributed by atoms with Crippen LogP contribution in [0.3, 0.4) is 0 Å². The Bertz CT molecular complexity index is 1020. The summed E-state index contributed by atoms with van der Waals surface area (Å²) in [4.78, 5) is 24.7. The molecule has 0 unspecified atom stereocenters. The van der Waals surface area contributed by atoms with E-state index in [1.807, 2.05) is 0 Å². The number of hydrogen-bond donors (Lipinski definition) is 1. The summed E-state index contributed by atoms with van der Waals surface area (Å²) in [6.45, 7) is 1.57. The maximum atomic E-state index is 12.6. The van der Waals surface area contributed by atoms with Gasteiger partial charge < -0.3 is 9.84 Å². The van der Waals surface area contributed by atoms with E-state index in [0.717, 1.165) is 23.1 Å². The second-order valence-corrected chi connectivity index (χ2v) is 6.56. The topological polar surface area (TPSA) is 90.0 Å². The van der Waals surface area contributed by atoms with Gasteiger partial charge >= 0.3 is 0 Å². The molecular formula is C17H15ClN4O3. The van der Waals surface area contributed by atoms with Crippen LogP contribution in [0.1, 0.15) is 18.6 Å². The summed E-state index contributed by atoms with van der Waals surface area (Å²) >= 11 is 5.95. The van der Waals surface area contributed by atoms with Gasteiger partial charge in [0.1, 0.15) is 18.0 Å². The summed E-state index contributed by atoms with van der Waals surface area (Å²) in [6, 6.07) is 7.30. The molecule has 1 aliphatic rings. The Kier molecular flexibility index (Phi) is 3.80. The van der Waals surface area contributed by atoms with Crippen molar-refractivity contribution in [3.05, 3.63) is 45.4 Å². The lowest BCUT2D eigenvalue weighted by Crippen LogP contribution is -2.35. The number of hydrogen-bond acceptors (Lipinski definition) is 5. The van der Waals surface area contributed by atoms with Crippen LogP contribution in [0.5, 0.6) is 0 Å². The van der Waals surface area contributed by atoms with Crippen LogP contribution in [0.2, 0.25) is 5.02 Å². The van der Waals surface area contributed by atoms with Crippen molar-refractivity contribution in [3.8, 4) is 11.3 Å². The summed E-state index contributed by atoms with van der Waals surface area (Å²) < 4.78 is 6.32. The smallest absolute Gasteiger partial charge is 0.297 e. The predicted molar refractivity (Wildman–Crippen MR) is 92.4 cm³/mol. The maximum Gasteiger partial charge on any atom is 0.297 e. The van der Waals surface area contributed by atoms with Crippen molar-refractivity contribution in [2.45, 2.75) is 32.4 Å². The highest BCUT2D eigenvalue weighted by atomic mass is 35.5. The predicted octanol–water partition coefficient (Wildman–Crippen LogP) is 2.29. The van der Waals surface area contributed by atoms with Crippen molar-refractivity contribution < 1.29 is 9.32 Å². The van der Waals surface area contributed by atoms with Crippen molar-refractivity contribution in [1.82, 2.24) is 20.3 Å². The summed E-state index contributed by atoms with van der Waals surface area (Å²) in [7, 11) is 0. The third-order valence-corrected chi connectivity index (χ3v) is 4.36. The van der Waals surface area contributed by atoms with Gasteiger partial charge in [-0.1, -0.05) is 28.9 Å². The molecule has 2 aromatic heterocycles. The number of nitrogens with zero attached hydrogens (tertiary/aromatic N) is 3. The first kappa shape index (κ1) is 15.8. The quantitative estimate of drug-likeness (QED) is 0.772. The highest BCUT2D eigenvalue weighted by Crippen LogP contribution is 2.28. The molecule has 0 bridgehead atoms. The molecule has 1 fully saturated rings. The van der Waals surface area contributed by atoms with Gasteiger partial charge in [-0.3, -0.25) is 9.59 Å². The average molecular weight is 359 g/mol. The molecule has 0 atom stereocenters. The molecule has 3 aromatic rings. The molecular weight excluding hydrogens is 344 g/mol. The first-order valence-electron chi connectivity index (χ1n) is 7.95. The molecule has 0 radical (unpaired) electrons. The van der Waals surface area contributed by atoms with E-state index >= 15 is 0 Å². The number of amides is 1. The van der Waals surface area contributed by atoms with Crippen molar-refractivity contribution in [2.75, 3.05) is 0 Å². The molecule has 2 heterocycles. The molecule has 1 saturated carbocycles. The Morgan fingerprint density at radius 1 is 1.36 bits per heavy atom. The monoisotopic (exact) mass is 358 g/mol. The normalized spacial score (nSPS) is 14.0. The Labute approximate surface area is 147 Å². The number of benzene rings is 1. The number of carbonyl (C=O) groups excluding carboxylic acids is 1. The summed E-state index contributed by atoms with van der Waals surface area (Å²) in [6.07, 6.45) is 1.96. The van der Waals surface area contributed by atoms with Crippen LogP contribution in [0, 0.1) is 6.92 Å². The summed E-state index contributed by atoms with van der Waals surface area (Å²) in [5.41, 5.74) is 1.01. The van der Waals surface area contributed by atoms with Crippen LogP contribution in [0.25, 0.3) is 22.2 Å². The Morgan fingerprint density at radius 2 is 2.08 bits per heavy atom. The van der Waals surface area contributed by atoms with E-state index < -0.39 is 5.56 Å². The van der Waals surface area contributed by atoms with Gasteiger partial charge in [-0.05, 0) is 31.9 Å². The molecule has 0 aliphatic heterocycles. The van der Waals surface area contributed by atoms with Crippen LogP contribution >= 0.6 is 11.6 Å². The first-order valence-corrected chi connectivity index (χ1v) is 8.33. The zero-order valence-corrected chi connectivity index (χ0v) is 14.2. The number of halogens is 1. The number of aromatic nitrogens is 3. The van der Waals surface area contributed by atoms with E-state index in [2.05, 4.69) is 15.6 Å². The van der Waals surface area contributed by atoms with Gasteiger partial charge in [0, 0.05) is 16.6 Å². The van der Waals surface area contributed by atoms with Gasteiger partial charge in [-0.15, -0.1) is 0 Å². The minimum Gasteiger partial charge on any atom is -0.360 e. The van der Waals surface area contributed by atoms with Crippen molar-refractivity contribution in [2.24, 2.45) is 0 Å². The lowest BCUT2D eigenvalue weighted by Gasteiger charge is -2.09. The molecule has 0 spiro atoms. The highest BCUT2D eigenvalue weighted by Gasteiger charge is 2.25. The van der Waals surface area contributed by atoms with Gasteiger partial charge in [0.25, 0.3) is 5.56 Å². The van der Waals surface area contributed by atoms with Crippen molar-refractivity contribution in [1.29, 1.82) is 0 Å². The molecule has 1 N–H and O–H groups in total. The third-order valence-electron chi connectivity index (χ3n) is 4.11. The number of rotatable bonds is 4. The van der Waals surface area contributed by atoms with Gasteiger partial charge in [0.15, 0.2) is 5.52 Å². The van der Waals surface area contributed by atoms with Crippen molar-refractivity contribution >= 4 is 28.4 Å². The maximum absolute atomic E-state index is 12.6. The van der Waals surface area contributed by atoms with E-state index in [1.54, 1.807) is 31.2 Å². The van der Waals surface area contributed by atoms with Crippen LogP contribution in [0.15, 0.2) is 33.6 Å². The molecule has 8 heteroatoms. The third kappa shape index (κ3) is 3.02. The minimum atomic E-state index is -0.449. The second-order valence-electron chi connectivity index (χ2n) is 6.12. The lowest BCUT2D eigenvalue weighted by atomic mass is 10.1. The second kappa shape index (κ2) is 6.00. The fourth-order valence-corrected chi connectivity index (χ4v) is 2.82. The van der Waals surface area contributed by atoms with Crippen molar-refractivity contribution in [3.63, 3.8) is 0 Å². The summed E-state index contributed by atoms with van der Waals surface area (Å²) in [5.74, 6) is 0.262.